The number of halogens is 3. The van der Waals surface area contributed by atoms with E-state index < -0.39 is 6.10 Å². The van der Waals surface area contributed by atoms with Crippen molar-refractivity contribution in [3.63, 3.8) is 0 Å². The highest BCUT2D eigenvalue weighted by Gasteiger charge is 2.16. The van der Waals surface area contributed by atoms with Crippen LogP contribution in [0, 0.1) is 0 Å². The van der Waals surface area contributed by atoms with Crippen molar-refractivity contribution in [2.45, 2.75) is 6.10 Å². The summed E-state index contributed by atoms with van der Waals surface area (Å²) in [5, 5.41) is 1.47. The zero-order chi connectivity index (χ0) is 13.8. The van der Waals surface area contributed by atoms with Crippen molar-refractivity contribution in [1.29, 1.82) is 0 Å². The zero-order valence-corrected chi connectivity index (χ0v) is 11.9. The first-order valence-electron chi connectivity index (χ1n) is 5.41. The maximum Gasteiger partial charge on any atom is 0.294 e. The Morgan fingerprint density at radius 2 is 1.53 bits per heavy atom. The molecule has 0 amide bonds. The Morgan fingerprint density at radius 1 is 0.895 bits per heavy atom. The number of carbonyl (C=O) groups excluding carboxylic acids is 1. The van der Waals surface area contributed by atoms with Gasteiger partial charge in [-0.2, -0.15) is 0 Å². The van der Waals surface area contributed by atoms with Crippen LogP contribution in [0.3, 0.4) is 0 Å². The van der Waals surface area contributed by atoms with Crippen molar-refractivity contribution < 1.29 is 9.53 Å². The standard InChI is InChI=1S/C14H9Cl3O2/c15-11-4-1-9(2-5-11)14(19-8-18)10-3-6-12(16)13(17)7-10/h1-8,14H. The molecule has 19 heavy (non-hydrogen) atoms. The van der Waals surface area contributed by atoms with Gasteiger partial charge in [-0.25, -0.2) is 0 Å². The average Bonchev–Trinajstić information content (AvgIpc) is 2.41. The lowest BCUT2D eigenvalue weighted by Crippen LogP contribution is -2.05. The molecule has 0 fully saturated rings. The third kappa shape index (κ3) is 3.41. The van der Waals surface area contributed by atoms with Gasteiger partial charge in [-0.1, -0.05) is 53.0 Å². The Kier molecular flexibility index (Phi) is 4.70. The van der Waals surface area contributed by atoms with Crippen molar-refractivity contribution in [2.75, 3.05) is 0 Å². The first-order valence-corrected chi connectivity index (χ1v) is 6.54. The Bertz CT molecular complexity index is 582. The molecule has 1 atom stereocenters. The number of benzene rings is 2. The molecule has 0 aromatic heterocycles. The Balaban J connectivity index is 2.41. The van der Waals surface area contributed by atoms with Gasteiger partial charge in [-0.05, 0) is 35.4 Å². The van der Waals surface area contributed by atoms with E-state index >= 15 is 0 Å². The fourth-order valence-corrected chi connectivity index (χ4v) is 2.15. The van der Waals surface area contributed by atoms with E-state index in [1.807, 2.05) is 0 Å². The first-order chi connectivity index (χ1) is 9.11. The fraction of sp³-hybridized carbons (Fsp3) is 0.0714. The highest BCUT2D eigenvalue weighted by Crippen LogP contribution is 2.31. The number of carbonyl (C=O) groups is 1. The van der Waals surface area contributed by atoms with E-state index in [4.69, 9.17) is 39.5 Å². The summed E-state index contributed by atoms with van der Waals surface area (Å²) in [6, 6.07) is 12.1. The number of ether oxygens (including phenoxy) is 1. The molecule has 98 valence electrons. The molecule has 0 aliphatic carbocycles. The SMILES string of the molecule is O=COC(c1ccc(Cl)cc1)c1ccc(Cl)c(Cl)c1. The maximum absolute atomic E-state index is 10.7. The smallest absolute Gasteiger partial charge is 0.294 e. The quantitative estimate of drug-likeness (QED) is 0.749. The molecule has 0 heterocycles. The van der Waals surface area contributed by atoms with Gasteiger partial charge < -0.3 is 4.74 Å². The molecule has 0 saturated carbocycles. The average molecular weight is 316 g/mol. The molecule has 2 aromatic carbocycles. The molecule has 0 aliphatic rings. The second-order valence-corrected chi connectivity index (χ2v) is 5.09. The van der Waals surface area contributed by atoms with E-state index in [1.54, 1.807) is 42.5 Å². The molecule has 0 N–H and O–H groups in total. The van der Waals surface area contributed by atoms with Crippen molar-refractivity contribution in [2.24, 2.45) is 0 Å². The van der Waals surface area contributed by atoms with Gasteiger partial charge in [0.1, 0.15) is 0 Å². The van der Waals surface area contributed by atoms with Gasteiger partial charge in [0.2, 0.25) is 0 Å². The molecule has 2 rings (SSSR count). The van der Waals surface area contributed by atoms with Crippen LogP contribution >= 0.6 is 34.8 Å². The van der Waals surface area contributed by atoms with Crippen LogP contribution < -0.4 is 0 Å². The molecule has 0 radical (unpaired) electrons. The van der Waals surface area contributed by atoms with Crippen LogP contribution in [0.15, 0.2) is 42.5 Å². The maximum atomic E-state index is 10.7. The van der Waals surface area contributed by atoms with Crippen molar-refractivity contribution in [3.05, 3.63) is 68.7 Å². The fourth-order valence-electron chi connectivity index (χ4n) is 1.72. The number of hydrogen-bond acceptors (Lipinski definition) is 2. The van der Waals surface area contributed by atoms with Gasteiger partial charge in [-0.15, -0.1) is 0 Å². The summed E-state index contributed by atoms with van der Waals surface area (Å²) in [6.07, 6.45) is -0.537. The second kappa shape index (κ2) is 6.29. The molecule has 0 spiro atoms. The van der Waals surface area contributed by atoms with E-state index in [9.17, 15) is 4.79 Å². The minimum absolute atomic E-state index is 0.405. The predicted octanol–water partition coefficient (Wildman–Crippen LogP) is 4.91. The number of rotatable bonds is 4. The van der Waals surface area contributed by atoms with E-state index in [1.165, 1.54) is 0 Å². The minimum Gasteiger partial charge on any atom is -0.455 e. The summed E-state index contributed by atoms with van der Waals surface area (Å²) in [5.41, 5.74) is 1.54. The minimum atomic E-state index is -0.537. The molecular formula is C14H9Cl3O2. The predicted molar refractivity (Wildman–Crippen MR) is 76.9 cm³/mol. The lowest BCUT2D eigenvalue weighted by Gasteiger charge is -2.16. The molecule has 2 nitrogen and oxygen atoms in total. The highest BCUT2D eigenvalue weighted by atomic mass is 35.5. The van der Waals surface area contributed by atoms with Gasteiger partial charge in [0.15, 0.2) is 6.10 Å². The number of hydrogen-bond donors (Lipinski definition) is 0. The summed E-state index contributed by atoms with van der Waals surface area (Å²) in [5.74, 6) is 0. The van der Waals surface area contributed by atoms with Crippen molar-refractivity contribution in [3.8, 4) is 0 Å². The summed E-state index contributed by atoms with van der Waals surface area (Å²) in [6.45, 7) is 0.405. The van der Waals surface area contributed by atoms with Crippen LogP contribution in [0.4, 0.5) is 0 Å². The molecule has 0 bridgehead atoms. The van der Waals surface area contributed by atoms with Crippen LogP contribution in [0.25, 0.3) is 0 Å². The largest absolute Gasteiger partial charge is 0.455 e. The van der Waals surface area contributed by atoms with E-state index in [2.05, 4.69) is 0 Å². The summed E-state index contributed by atoms with van der Waals surface area (Å²) >= 11 is 17.7. The van der Waals surface area contributed by atoms with Gasteiger partial charge in [0.25, 0.3) is 6.47 Å². The first kappa shape index (κ1) is 14.2. The molecular weight excluding hydrogens is 307 g/mol. The Labute approximate surface area is 125 Å². The van der Waals surface area contributed by atoms with Crippen LogP contribution in [0.2, 0.25) is 15.1 Å². The lowest BCUT2D eigenvalue weighted by molar-refractivity contribution is -0.132. The van der Waals surface area contributed by atoms with Crippen LogP contribution in [-0.2, 0) is 9.53 Å². The lowest BCUT2D eigenvalue weighted by atomic mass is 10.0. The Morgan fingerprint density at radius 3 is 2.11 bits per heavy atom. The molecule has 1 unspecified atom stereocenters. The van der Waals surface area contributed by atoms with Gasteiger partial charge in [-0.3, -0.25) is 4.79 Å². The van der Waals surface area contributed by atoms with Gasteiger partial charge >= 0.3 is 0 Å². The molecule has 5 heteroatoms. The Hall–Kier alpha value is -1.22. The van der Waals surface area contributed by atoms with Crippen molar-refractivity contribution in [1.82, 2.24) is 0 Å². The van der Waals surface area contributed by atoms with Gasteiger partial charge in [0, 0.05) is 5.02 Å². The van der Waals surface area contributed by atoms with Crippen LogP contribution in [0.5, 0.6) is 0 Å². The van der Waals surface area contributed by atoms with E-state index in [0.717, 1.165) is 11.1 Å². The third-order valence-electron chi connectivity index (χ3n) is 2.61. The van der Waals surface area contributed by atoms with Crippen LogP contribution in [-0.4, -0.2) is 6.47 Å². The molecule has 0 saturated heterocycles. The topological polar surface area (TPSA) is 26.3 Å². The summed E-state index contributed by atoms with van der Waals surface area (Å²) < 4.78 is 5.12. The second-order valence-electron chi connectivity index (χ2n) is 3.84. The highest BCUT2D eigenvalue weighted by molar-refractivity contribution is 6.42. The third-order valence-corrected chi connectivity index (χ3v) is 3.60. The summed E-state index contributed by atoms with van der Waals surface area (Å²) in [7, 11) is 0. The normalized spacial score (nSPS) is 11.9. The van der Waals surface area contributed by atoms with Crippen LogP contribution in [0.1, 0.15) is 17.2 Å². The monoisotopic (exact) mass is 314 g/mol. The van der Waals surface area contributed by atoms with Crippen molar-refractivity contribution >= 4 is 41.3 Å². The van der Waals surface area contributed by atoms with Gasteiger partial charge in [0.05, 0.1) is 10.0 Å². The van der Waals surface area contributed by atoms with E-state index in [0.29, 0.717) is 21.5 Å². The molecule has 0 aliphatic heterocycles. The zero-order valence-electron chi connectivity index (χ0n) is 9.65. The van der Waals surface area contributed by atoms with E-state index in [-0.39, 0.29) is 0 Å². The molecule has 2 aromatic rings. The summed E-state index contributed by atoms with van der Waals surface area (Å²) in [4.78, 5) is 10.7.